The Morgan fingerprint density at radius 1 is 0.594 bits per heavy atom. The van der Waals surface area contributed by atoms with Gasteiger partial charge in [-0.1, -0.05) is 123 Å². The summed E-state index contributed by atoms with van der Waals surface area (Å²) in [4.78, 5) is 12.1. The molecule has 0 rings (SSSR count). The zero-order chi connectivity index (χ0) is 23.5. The molecule has 190 valence electrons. The fourth-order valence-corrected chi connectivity index (χ4v) is 4.29. The Kier molecular flexibility index (Phi) is 25.8. The highest BCUT2D eigenvalue weighted by Crippen LogP contribution is 2.18. The molecule has 0 aromatic heterocycles. The minimum atomic E-state index is 0.0256. The lowest BCUT2D eigenvalue weighted by Crippen LogP contribution is -2.14. The van der Waals surface area contributed by atoms with Crippen LogP contribution in [0.15, 0.2) is 12.2 Å². The van der Waals surface area contributed by atoms with E-state index in [1.54, 1.807) is 0 Å². The van der Waals surface area contributed by atoms with Crippen molar-refractivity contribution in [1.29, 1.82) is 0 Å². The van der Waals surface area contributed by atoms with Crippen LogP contribution in [0.2, 0.25) is 0 Å². The summed E-state index contributed by atoms with van der Waals surface area (Å²) >= 11 is 0. The number of allylic oxidation sites excluding steroid dienone is 2. The number of ether oxygens (including phenoxy) is 1. The van der Waals surface area contributed by atoms with Crippen molar-refractivity contribution in [1.82, 2.24) is 0 Å². The summed E-state index contributed by atoms with van der Waals surface area (Å²) in [6.45, 7) is 7.42. The predicted octanol–water partition coefficient (Wildman–Crippen LogP) is 10.3. The van der Waals surface area contributed by atoms with Crippen LogP contribution in [0.5, 0.6) is 0 Å². The maximum absolute atomic E-state index is 12.1. The van der Waals surface area contributed by atoms with E-state index in [9.17, 15) is 4.79 Å². The number of carbonyl (C=O) groups excluding carboxylic acids is 1. The molecule has 0 bridgehead atoms. The first-order chi connectivity index (χ1) is 15.7. The first-order valence-electron chi connectivity index (χ1n) is 14.5. The Labute approximate surface area is 202 Å². The van der Waals surface area contributed by atoms with Crippen molar-refractivity contribution in [3.63, 3.8) is 0 Å². The molecule has 2 nitrogen and oxygen atoms in total. The molecule has 1 unspecified atom stereocenters. The monoisotopic (exact) mass is 450 g/mol. The molecule has 0 spiro atoms. The van der Waals surface area contributed by atoms with Gasteiger partial charge in [0.05, 0.1) is 6.61 Å². The number of hydrogen-bond donors (Lipinski definition) is 0. The van der Waals surface area contributed by atoms with Gasteiger partial charge in [0.15, 0.2) is 0 Å². The van der Waals surface area contributed by atoms with Gasteiger partial charge < -0.3 is 4.74 Å². The standard InChI is InChI=1S/C30H58O2/c1-4-7-10-12-13-14-15-16-17-18-19-20-21-22-24-27-30(31)32-28-29(25-9-6-3)26-23-11-8-5-2/h16-17,29H,4-15,18-28H2,1-3H3. The molecule has 0 amide bonds. The third-order valence-electron chi connectivity index (χ3n) is 6.55. The van der Waals surface area contributed by atoms with Gasteiger partial charge >= 0.3 is 5.97 Å². The minimum Gasteiger partial charge on any atom is -0.465 e. The van der Waals surface area contributed by atoms with E-state index < -0.39 is 0 Å². The van der Waals surface area contributed by atoms with Crippen LogP contribution in [0.25, 0.3) is 0 Å². The van der Waals surface area contributed by atoms with Crippen molar-refractivity contribution in [2.75, 3.05) is 6.61 Å². The van der Waals surface area contributed by atoms with E-state index in [1.165, 1.54) is 122 Å². The first kappa shape index (κ1) is 31.2. The summed E-state index contributed by atoms with van der Waals surface area (Å²) in [6, 6.07) is 0. The molecular weight excluding hydrogens is 392 g/mol. The summed E-state index contributed by atoms with van der Waals surface area (Å²) < 4.78 is 5.63. The van der Waals surface area contributed by atoms with Gasteiger partial charge in [-0.15, -0.1) is 0 Å². The van der Waals surface area contributed by atoms with E-state index in [0.717, 1.165) is 12.8 Å². The first-order valence-corrected chi connectivity index (χ1v) is 14.5. The largest absolute Gasteiger partial charge is 0.465 e. The molecule has 0 saturated heterocycles. The molecule has 0 N–H and O–H groups in total. The summed E-state index contributed by atoms with van der Waals surface area (Å²) in [7, 11) is 0. The highest BCUT2D eigenvalue weighted by molar-refractivity contribution is 5.69. The fourth-order valence-electron chi connectivity index (χ4n) is 4.29. The van der Waals surface area contributed by atoms with Crippen LogP contribution in [0.4, 0.5) is 0 Å². The number of rotatable bonds is 25. The molecular formula is C30H58O2. The highest BCUT2D eigenvalue weighted by Gasteiger charge is 2.11. The summed E-state index contributed by atoms with van der Waals surface area (Å²) in [5, 5.41) is 0. The van der Waals surface area contributed by atoms with E-state index >= 15 is 0 Å². The zero-order valence-corrected chi connectivity index (χ0v) is 22.3. The van der Waals surface area contributed by atoms with Gasteiger partial charge in [0.25, 0.3) is 0 Å². The number of hydrogen-bond acceptors (Lipinski definition) is 2. The average molecular weight is 451 g/mol. The zero-order valence-electron chi connectivity index (χ0n) is 22.3. The maximum atomic E-state index is 12.1. The summed E-state index contributed by atoms with van der Waals surface area (Å²) in [6.07, 6.45) is 32.2. The van der Waals surface area contributed by atoms with Gasteiger partial charge in [0.1, 0.15) is 0 Å². The van der Waals surface area contributed by atoms with E-state index in [2.05, 4.69) is 32.9 Å². The van der Waals surface area contributed by atoms with Crippen LogP contribution in [-0.4, -0.2) is 12.6 Å². The van der Waals surface area contributed by atoms with Gasteiger partial charge in [0, 0.05) is 6.42 Å². The number of unbranched alkanes of at least 4 members (excludes halogenated alkanes) is 15. The lowest BCUT2D eigenvalue weighted by atomic mass is 9.96. The van der Waals surface area contributed by atoms with E-state index in [-0.39, 0.29) is 5.97 Å². The van der Waals surface area contributed by atoms with Gasteiger partial charge in [-0.25, -0.2) is 0 Å². The second-order valence-electron chi connectivity index (χ2n) is 9.87. The van der Waals surface area contributed by atoms with Crippen molar-refractivity contribution >= 4 is 5.97 Å². The summed E-state index contributed by atoms with van der Waals surface area (Å²) in [5.41, 5.74) is 0. The molecule has 2 heteroatoms. The molecule has 0 aliphatic heterocycles. The Morgan fingerprint density at radius 3 is 1.66 bits per heavy atom. The molecule has 0 aromatic carbocycles. The van der Waals surface area contributed by atoms with E-state index in [0.29, 0.717) is 18.9 Å². The van der Waals surface area contributed by atoms with Crippen LogP contribution >= 0.6 is 0 Å². The molecule has 0 aliphatic rings. The van der Waals surface area contributed by atoms with Crippen molar-refractivity contribution in [3.05, 3.63) is 12.2 Å². The molecule has 0 heterocycles. The Morgan fingerprint density at radius 2 is 1.06 bits per heavy atom. The smallest absolute Gasteiger partial charge is 0.305 e. The maximum Gasteiger partial charge on any atom is 0.305 e. The molecule has 0 aliphatic carbocycles. The fraction of sp³-hybridized carbons (Fsp3) is 0.900. The Hall–Kier alpha value is -0.790. The van der Waals surface area contributed by atoms with Crippen molar-refractivity contribution in [3.8, 4) is 0 Å². The van der Waals surface area contributed by atoms with Crippen molar-refractivity contribution in [2.45, 2.75) is 162 Å². The van der Waals surface area contributed by atoms with E-state index in [4.69, 9.17) is 4.74 Å². The highest BCUT2D eigenvalue weighted by atomic mass is 16.5. The van der Waals surface area contributed by atoms with Gasteiger partial charge in [0.2, 0.25) is 0 Å². The molecule has 0 radical (unpaired) electrons. The van der Waals surface area contributed by atoms with Crippen LogP contribution in [0.3, 0.4) is 0 Å². The van der Waals surface area contributed by atoms with Crippen molar-refractivity contribution in [2.24, 2.45) is 5.92 Å². The van der Waals surface area contributed by atoms with Crippen LogP contribution in [-0.2, 0) is 9.53 Å². The third-order valence-corrected chi connectivity index (χ3v) is 6.55. The molecule has 0 aromatic rings. The van der Waals surface area contributed by atoms with Crippen LogP contribution in [0, 0.1) is 5.92 Å². The van der Waals surface area contributed by atoms with E-state index in [1.807, 2.05) is 0 Å². The summed E-state index contributed by atoms with van der Waals surface area (Å²) in [5.74, 6) is 0.600. The second kappa shape index (κ2) is 26.5. The molecule has 0 saturated carbocycles. The Balaban J connectivity index is 3.55. The Bertz CT molecular complexity index is 402. The molecule has 1 atom stereocenters. The molecule has 0 fully saturated rings. The lowest BCUT2D eigenvalue weighted by Gasteiger charge is -2.16. The van der Waals surface area contributed by atoms with Gasteiger partial charge in [-0.2, -0.15) is 0 Å². The van der Waals surface area contributed by atoms with Gasteiger partial charge in [-0.3, -0.25) is 4.79 Å². The van der Waals surface area contributed by atoms with Gasteiger partial charge in [-0.05, 0) is 50.9 Å². The van der Waals surface area contributed by atoms with Crippen molar-refractivity contribution < 1.29 is 9.53 Å². The number of carbonyl (C=O) groups is 1. The topological polar surface area (TPSA) is 26.3 Å². The normalized spacial score (nSPS) is 12.5. The van der Waals surface area contributed by atoms with Crippen LogP contribution < -0.4 is 0 Å². The predicted molar refractivity (Wildman–Crippen MR) is 142 cm³/mol. The quantitative estimate of drug-likeness (QED) is 0.0785. The second-order valence-corrected chi connectivity index (χ2v) is 9.87. The lowest BCUT2D eigenvalue weighted by molar-refractivity contribution is -0.145. The molecule has 32 heavy (non-hydrogen) atoms. The average Bonchev–Trinajstić information content (AvgIpc) is 2.80. The number of esters is 1. The van der Waals surface area contributed by atoms with Crippen LogP contribution in [0.1, 0.15) is 162 Å². The third kappa shape index (κ3) is 23.9. The minimum absolute atomic E-state index is 0.0256. The SMILES string of the molecule is CCCCCCCCC=CCCCCCCCC(=O)OCC(CCCC)CCCCCC.